The Bertz CT molecular complexity index is 673. The average molecular weight is 293 g/mol. The molecule has 0 aliphatic rings. The van der Waals surface area contributed by atoms with Gasteiger partial charge in [0.05, 0.1) is 6.20 Å². The molecule has 20 heavy (non-hydrogen) atoms. The molecule has 1 aromatic carbocycles. The van der Waals surface area contributed by atoms with Crippen molar-refractivity contribution in [2.24, 2.45) is 0 Å². The smallest absolute Gasteiger partial charge is 0.257 e. The molecule has 0 bridgehead atoms. The summed E-state index contributed by atoms with van der Waals surface area (Å²) in [6.07, 6.45) is 1.32. The zero-order chi connectivity index (χ0) is 14.8. The fourth-order valence-electron chi connectivity index (χ4n) is 1.81. The van der Waals surface area contributed by atoms with Crippen molar-refractivity contribution in [1.82, 2.24) is 14.7 Å². The van der Waals surface area contributed by atoms with Crippen LogP contribution in [0, 0.1) is 6.92 Å². The van der Waals surface area contributed by atoms with Crippen molar-refractivity contribution in [2.75, 3.05) is 0 Å². The first-order valence-electron chi connectivity index (χ1n) is 6.48. The quantitative estimate of drug-likeness (QED) is 0.888. The summed E-state index contributed by atoms with van der Waals surface area (Å²) < 4.78 is 26.6. The summed E-state index contributed by atoms with van der Waals surface area (Å²) in [5.41, 5.74) is 2.16. The lowest BCUT2D eigenvalue weighted by Crippen LogP contribution is -2.23. The highest BCUT2D eigenvalue weighted by atomic mass is 32.2. The molecule has 0 unspecified atom stereocenters. The lowest BCUT2D eigenvalue weighted by Gasteiger charge is -2.08. The number of aromatic amines is 1. The van der Waals surface area contributed by atoms with Crippen molar-refractivity contribution < 1.29 is 8.42 Å². The fourth-order valence-corrected chi connectivity index (χ4v) is 2.80. The van der Waals surface area contributed by atoms with Gasteiger partial charge >= 0.3 is 0 Å². The predicted molar refractivity (Wildman–Crippen MR) is 77.9 cm³/mol. The summed E-state index contributed by atoms with van der Waals surface area (Å²) in [6.45, 7) is 6.22. The van der Waals surface area contributed by atoms with Gasteiger partial charge in [-0.25, -0.2) is 18.1 Å². The Morgan fingerprint density at radius 1 is 1.25 bits per heavy atom. The number of aromatic nitrogens is 2. The summed E-state index contributed by atoms with van der Waals surface area (Å²) in [4.78, 5) is 6.61. The van der Waals surface area contributed by atoms with E-state index in [1.54, 1.807) is 6.92 Å². The topological polar surface area (TPSA) is 74.8 Å². The molecule has 0 spiro atoms. The number of imidazole rings is 1. The van der Waals surface area contributed by atoms with Crippen molar-refractivity contribution in [1.29, 1.82) is 0 Å². The van der Waals surface area contributed by atoms with Gasteiger partial charge in [0, 0.05) is 6.54 Å². The van der Waals surface area contributed by atoms with Gasteiger partial charge in [-0.15, -0.1) is 0 Å². The predicted octanol–water partition coefficient (Wildman–Crippen LogP) is 2.32. The summed E-state index contributed by atoms with van der Waals surface area (Å²) in [6, 6.07) is 7.93. The standard InChI is InChI=1S/C14H19N3O2S/c1-10(2)13-6-4-12(5-7-13)8-16-20(18,19)14-9-15-11(3)17-14/h4-7,9-10,16H,8H2,1-3H3,(H,15,17). The van der Waals surface area contributed by atoms with Gasteiger partial charge in [-0.1, -0.05) is 38.1 Å². The van der Waals surface area contributed by atoms with Gasteiger partial charge in [-0.2, -0.15) is 0 Å². The molecule has 0 amide bonds. The molecule has 0 atom stereocenters. The molecule has 5 nitrogen and oxygen atoms in total. The number of rotatable bonds is 5. The van der Waals surface area contributed by atoms with Crippen LogP contribution in [-0.4, -0.2) is 18.4 Å². The van der Waals surface area contributed by atoms with Crippen molar-refractivity contribution in [2.45, 2.75) is 38.3 Å². The van der Waals surface area contributed by atoms with Crippen molar-refractivity contribution >= 4 is 10.0 Å². The molecule has 2 N–H and O–H groups in total. The van der Waals surface area contributed by atoms with E-state index in [1.165, 1.54) is 11.8 Å². The first-order chi connectivity index (χ1) is 9.38. The van der Waals surface area contributed by atoms with Gasteiger partial charge in [-0.3, -0.25) is 0 Å². The molecule has 0 radical (unpaired) electrons. The number of sulfonamides is 1. The van der Waals surface area contributed by atoms with E-state index in [2.05, 4.69) is 28.5 Å². The molecule has 1 aromatic heterocycles. The minimum atomic E-state index is -3.53. The van der Waals surface area contributed by atoms with Crippen LogP contribution in [-0.2, 0) is 16.6 Å². The first-order valence-corrected chi connectivity index (χ1v) is 7.97. The minimum absolute atomic E-state index is 0.0915. The highest BCUT2D eigenvalue weighted by Gasteiger charge is 2.15. The first kappa shape index (κ1) is 14.7. The normalized spacial score (nSPS) is 12.0. The van der Waals surface area contributed by atoms with E-state index in [4.69, 9.17) is 0 Å². The Morgan fingerprint density at radius 3 is 2.40 bits per heavy atom. The molecule has 0 fully saturated rings. The maximum atomic E-state index is 12.0. The molecule has 108 valence electrons. The van der Waals surface area contributed by atoms with E-state index >= 15 is 0 Å². The number of nitrogens with zero attached hydrogens (tertiary/aromatic N) is 1. The van der Waals surface area contributed by atoms with E-state index in [-0.39, 0.29) is 11.6 Å². The van der Waals surface area contributed by atoms with Crippen LogP contribution in [0.15, 0.2) is 35.5 Å². The zero-order valence-electron chi connectivity index (χ0n) is 11.8. The molecule has 0 saturated heterocycles. The van der Waals surface area contributed by atoms with E-state index < -0.39 is 10.0 Å². The van der Waals surface area contributed by atoms with Gasteiger partial charge in [0.25, 0.3) is 10.0 Å². The Balaban J connectivity index is 2.04. The van der Waals surface area contributed by atoms with Crippen LogP contribution in [0.2, 0.25) is 0 Å². The van der Waals surface area contributed by atoms with E-state index in [0.717, 1.165) is 5.56 Å². The third-order valence-corrected chi connectivity index (χ3v) is 4.39. The van der Waals surface area contributed by atoms with Crippen molar-refractivity contribution in [3.63, 3.8) is 0 Å². The third-order valence-electron chi connectivity index (χ3n) is 3.08. The number of benzene rings is 1. The van der Waals surface area contributed by atoms with Crippen molar-refractivity contribution in [3.05, 3.63) is 47.4 Å². The van der Waals surface area contributed by atoms with Gasteiger partial charge in [0.15, 0.2) is 5.03 Å². The Hall–Kier alpha value is -1.66. The van der Waals surface area contributed by atoms with Gasteiger partial charge in [0.2, 0.25) is 0 Å². The zero-order valence-corrected chi connectivity index (χ0v) is 12.7. The lowest BCUT2D eigenvalue weighted by molar-refractivity contribution is 0.578. The maximum Gasteiger partial charge on any atom is 0.257 e. The van der Waals surface area contributed by atoms with E-state index in [0.29, 0.717) is 11.7 Å². The van der Waals surface area contributed by atoms with Crippen LogP contribution in [0.5, 0.6) is 0 Å². The molecule has 1 heterocycles. The molecular weight excluding hydrogens is 274 g/mol. The molecule has 0 aliphatic heterocycles. The Labute approximate surface area is 119 Å². The Kier molecular flexibility index (Phi) is 4.25. The number of hydrogen-bond acceptors (Lipinski definition) is 3. The second-order valence-corrected chi connectivity index (χ2v) is 6.79. The lowest BCUT2D eigenvalue weighted by atomic mass is 10.0. The molecule has 0 aliphatic carbocycles. The number of H-pyrrole nitrogens is 1. The molecule has 0 saturated carbocycles. The maximum absolute atomic E-state index is 12.0. The largest absolute Gasteiger partial charge is 0.332 e. The van der Waals surface area contributed by atoms with Gasteiger partial charge in [0.1, 0.15) is 5.82 Å². The summed E-state index contributed by atoms with van der Waals surface area (Å²) in [5.74, 6) is 1.04. The van der Waals surface area contributed by atoms with Crippen LogP contribution >= 0.6 is 0 Å². The monoisotopic (exact) mass is 293 g/mol. The van der Waals surface area contributed by atoms with E-state index in [1.807, 2.05) is 24.3 Å². The Morgan fingerprint density at radius 2 is 1.90 bits per heavy atom. The fraction of sp³-hybridized carbons (Fsp3) is 0.357. The number of hydrogen-bond donors (Lipinski definition) is 2. The van der Waals surface area contributed by atoms with Crippen LogP contribution in [0.25, 0.3) is 0 Å². The van der Waals surface area contributed by atoms with Crippen LogP contribution in [0.3, 0.4) is 0 Å². The molecule has 2 rings (SSSR count). The van der Waals surface area contributed by atoms with Gasteiger partial charge < -0.3 is 4.98 Å². The summed E-state index contributed by atoms with van der Waals surface area (Å²) >= 11 is 0. The number of aryl methyl sites for hydroxylation is 1. The van der Waals surface area contributed by atoms with Crippen LogP contribution < -0.4 is 4.72 Å². The summed E-state index contributed by atoms with van der Waals surface area (Å²) in [5, 5.41) is 0.0915. The third kappa shape index (κ3) is 3.46. The molecule has 2 aromatic rings. The second-order valence-electron chi connectivity index (χ2n) is 5.05. The highest BCUT2D eigenvalue weighted by molar-refractivity contribution is 7.89. The SMILES string of the molecule is Cc1ncc(S(=O)(=O)NCc2ccc(C(C)C)cc2)[nH]1. The van der Waals surface area contributed by atoms with Crippen molar-refractivity contribution in [3.8, 4) is 0 Å². The average Bonchev–Trinajstić information content (AvgIpc) is 2.84. The second kappa shape index (κ2) is 5.76. The number of nitrogens with one attached hydrogen (secondary N) is 2. The van der Waals surface area contributed by atoms with Gasteiger partial charge in [-0.05, 0) is 24.0 Å². The summed E-state index contributed by atoms with van der Waals surface area (Å²) in [7, 11) is -3.53. The minimum Gasteiger partial charge on any atom is -0.332 e. The van der Waals surface area contributed by atoms with Crippen LogP contribution in [0.4, 0.5) is 0 Å². The van der Waals surface area contributed by atoms with E-state index in [9.17, 15) is 8.42 Å². The van der Waals surface area contributed by atoms with Crippen LogP contribution in [0.1, 0.15) is 36.7 Å². The highest BCUT2D eigenvalue weighted by Crippen LogP contribution is 2.15. The molecule has 6 heteroatoms. The molecular formula is C14H19N3O2S.